The van der Waals surface area contributed by atoms with E-state index in [2.05, 4.69) is 5.10 Å². The highest BCUT2D eigenvalue weighted by molar-refractivity contribution is 7.89. The van der Waals surface area contributed by atoms with Crippen LogP contribution in [0.1, 0.15) is 5.69 Å². The Labute approximate surface area is 147 Å². The first kappa shape index (κ1) is 17.1. The number of nitrogens with two attached hydrogens (primary N) is 1. The minimum Gasteiger partial charge on any atom is -0.230 e. The zero-order valence-corrected chi connectivity index (χ0v) is 14.1. The van der Waals surface area contributed by atoms with Crippen molar-refractivity contribution in [3.63, 3.8) is 0 Å². The molecule has 2 aromatic carbocycles. The molecule has 1 aromatic heterocycles. The first-order chi connectivity index (χ1) is 11.8. The van der Waals surface area contributed by atoms with Gasteiger partial charge in [0.15, 0.2) is 5.69 Å². The fourth-order valence-electron chi connectivity index (χ4n) is 2.29. The second-order valence-electron chi connectivity index (χ2n) is 5.08. The minimum atomic E-state index is -3.83. The Balaban J connectivity index is 2.19. The Bertz CT molecular complexity index is 1080. The van der Waals surface area contributed by atoms with Crippen molar-refractivity contribution < 1.29 is 12.8 Å². The van der Waals surface area contributed by atoms with Crippen molar-refractivity contribution in [3.8, 4) is 23.0 Å². The molecule has 0 atom stereocenters. The molecule has 25 heavy (non-hydrogen) atoms. The number of aromatic nitrogens is 2. The molecule has 126 valence electrons. The average molecular weight is 377 g/mol. The molecule has 0 bridgehead atoms. The summed E-state index contributed by atoms with van der Waals surface area (Å²) in [7, 11) is -3.83. The van der Waals surface area contributed by atoms with E-state index in [1.54, 1.807) is 0 Å². The van der Waals surface area contributed by atoms with E-state index >= 15 is 0 Å². The van der Waals surface area contributed by atoms with Crippen molar-refractivity contribution in [3.05, 3.63) is 65.1 Å². The molecule has 0 aliphatic carbocycles. The largest absolute Gasteiger partial charge is 0.238 e. The van der Waals surface area contributed by atoms with Gasteiger partial charge in [-0.25, -0.2) is 22.6 Å². The predicted octanol–water partition coefficient (Wildman–Crippen LogP) is 2.85. The van der Waals surface area contributed by atoms with Crippen LogP contribution in [0.4, 0.5) is 4.39 Å². The van der Waals surface area contributed by atoms with Crippen LogP contribution in [-0.2, 0) is 10.0 Å². The number of nitrogens with zero attached hydrogens (tertiary/aromatic N) is 3. The lowest BCUT2D eigenvalue weighted by Gasteiger charge is -2.09. The van der Waals surface area contributed by atoms with Gasteiger partial charge < -0.3 is 0 Å². The molecule has 0 spiro atoms. The summed E-state index contributed by atoms with van der Waals surface area (Å²) >= 11 is 6.24. The minimum absolute atomic E-state index is 0.00323. The maximum atomic E-state index is 13.2. The number of sulfonamides is 1. The van der Waals surface area contributed by atoms with Gasteiger partial charge >= 0.3 is 0 Å². The molecule has 0 saturated carbocycles. The quantitative estimate of drug-likeness (QED) is 0.759. The Morgan fingerprint density at radius 2 is 1.72 bits per heavy atom. The standard InChI is InChI=1S/C16H10ClFN4O2S/c17-15-14(9-19)21-22(16(15)10-1-3-11(18)4-2-10)12-5-7-13(8-6-12)25(20,23)24/h1-8H,(H2,20,23,24). The lowest BCUT2D eigenvalue weighted by Crippen LogP contribution is -2.12. The van der Waals surface area contributed by atoms with Crippen molar-refractivity contribution in [2.24, 2.45) is 5.14 Å². The zero-order chi connectivity index (χ0) is 18.2. The fourth-order valence-corrected chi connectivity index (χ4v) is 3.08. The van der Waals surface area contributed by atoms with E-state index in [0.29, 0.717) is 16.9 Å². The Kier molecular flexibility index (Phi) is 4.30. The summed E-state index contributed by atoms with van der Waals surface area (Å²) in [6.45, 7) is 0. The number of nitriles is 1. The van der Waals surface area contributed by atoms with Crippen LogP contribution >= 0.6 is 11.6 Å². The molecule has 9 heteroatoms. The molecular weight excluding hydrogens is 367 g/mol. The summed E-state index contributed by atoms with van der Waals surface area (Å²) in [5.74, 6) is -0.413. The van der Waals surface area contributed by atoms with Crippen molar-refractivity contribution in [1.29, 1.82) is 5.26 Å². The van der Waals surface area contributed by atoms with Crippen LogP contribution in [0.2, 0.25) is 5.02 Å². The lowest BCUT2D eigenvalue weighted by molar-refractivity contribution is 0.597. The highest BCUT2D eigenvalue weighted by atomic mass is 35.5. The van der Waals surface area contributed by atoms with E-state index in [9.17, 15) is 18.1 Å². The van der Waals surface area contributed by atoms with Crippen LogP contribution in [0, 0.1) is 17.1 Å². The molecule has 2 N–H and O–H groups in total. The number of rotatable bonds is 3. The molecule has 0 radical (unpaired) electrons. The summed E-state index contributed by atoms with van der Waals surface area (Å²) in [5, 5.41) is 18.5. The summed E-state index contributed by atoms with van der Waals surface area (Å²) < 4.78 is 37.3. The Morgan fingerprint density at radius 1 is 1.12 bits per heavy atom. The van der Waals surface area contributed by atoms with Gasteiger partial charge in [-0.1, -0.05) is 11.6 Å². The summed E-state index contributed by atoms with van der Waals surface area (Å²) in [6.07, 6.45) is 0. The van der Waals surface area contributed by atoms with E-state index in [-0.39, 0.29) is 15.6 Å². The third-order valence-corrected chi connectivity index (χ3v) is 4.75. The second-order valence-corrected chi connectivity index (χ2v) is 7.02. The number of primary sulfonamides is 1. The van der Waals surface area contributed by atoms with Crippen molar-refractivity contribution in [2.75, 3.05) is 0 Å². The SMILES string of the molecule is N#Cc1nn(-c2ccc(S(N)(=O)=O)cc2)c(-c2ccc(F)cc2)c1Cl. The van der Waals surface area contributed by atoms with Gasteiger partial charge in [-0.15, -0.1) is 0 Å². The van der Waals surface area contributed by atoms with Gasteiger partial charge in [-0.2, -0.15) is 10.4 Å². The van der Waals surface area contributed by atoms with Crippen LogP contribution in [0.15, 0.2) is 53.4 Å². The van der Waals surface area contributed by atoms with Gasteiger partial charge in [0.25, 0.3) is 0 Å². The van der Waals surface area contributed by atoms with Gasteiger partial charge in [0.1, 0.15) is 16.9 Å². The number of hydrogen-bond donors (Lipinski definition) is 1. The van der Waals surface area contributed by atoms with Crippen LogP contribution < -0.4 is 5.14 Å². The molecule has 0 aliphatic rings. The summed E-state index contributed by atoms with van der Waals surface area (Å²) in [6, 6.07) is 13.0. The number of hydrogen-bond acceptors (Lipinski definition) is 4. The molecule has 0 unspecified atom stereocenters. The number of halogens is 2. The smallest absolute Gasteiger partial charge is 0.230 e. The van der Waals surface area contributed by atoms with Gasteiger partial charge in [-0.05, 0) is 48.5 Å². The third kappa shape index (κ3) is 3.25. The van der Waals surface area contributed by atoms with Crippen LogP contribution in [0.5, 0.6) is 0 Å². The van der Waals surface area contributed by atoms with Crippen molar-refractivity contribution in [1.82, 2.24) is 9.78 Å². The molecule has 3 rings (SSSR count). The first-order valence-corrected chi connectivity index (χ1v) is 8.81. The molecule has 0 fully saturated rings. The maximum absolute atomic E-state index is 13.2. The molecule has 6 nitrogen and oxygen atoms in total. The van der Waals surface area contributed by atoms with Crippen LogP contribution in [-0.4, -0.2) is 18.2 Å². The molecule has 1 heterocycles. The second kappa shape index (κ2) is 6.29. The lowest BCUT2D eigenvalue weighted by atomic mass is 10.1. The highest BCUT2D eigenvalue weighted by Crippen LogP contribution is 2.33. The van der Waals surface area contributed by atoms with Crippen molar-refractivity contribution >= 4 is 21.6 Å². The highest BCUT2D eigenvalue weighted by Gasteiger charge is 2.19. The third-order valence-electron chi connectivity index (χ3n) is 3.46. The maximum Gasteiger partial charge on any atom is 0.238 e. The van der Waals surface area contributed by atoms with E-state index in [1.807, 2.05) is 6.07 Å². The van der Waals surface area contributed by atoms with E-state index in [0.717, 1.165) is 0 Å². The van der Waals surface area contributed by atoms with Gasteiger partial charge in [0.05, 0.1) is 16.3 Å². The first-order valence-electron chi connectivity index (χ1n) is 6.89. The van der Waals surface area contributed by atoms with Gasteiger partial charge in [0, 0.05) is 5.56 Å². The Hall–Kier alpha value is -2.73. The molecule has 3 aromatic rings. The van der Waals surface area contributed by atoms with Crippen LogP contribution in [0.3, 0.4) is 0 Å². The zero-order valence-electron chi connectivity index (χ0n) is 12.5. The van der Waals surface area contributed by atoms with Gasteiger partial charge in [-0.3, -0.25) is 0 Å². The normalized spacial score (nSPS) is 11.3. The number of benzene rings is 2. The fraction of sp³-hybridized carbons (Fsp3) is 0. The van der Waals surface area contributed by atoms with Gasteiger partial charge in [0.2, 0.25) is 10.0 Å². The van der Waals surface area contributed by atoms with E-state index in [1.165, 1.54) is 53.2 Å². The molecule has 0 aliphatic heterocycles. The summed E-state index contributed by atoms with van der Waals surface area (Å²) in [5.41, 5.74) is 1.41. The average Bonchev–Trinajstić information content (AvgIpc) is 2.91. The predicted molar refractivity (Wildman–Crippen MR) is 90.1 cm³/mol. The van der Waals surface area contributed by atoms with E-state index in [4.69, 9.17) is 16.7 Å². The summed E-state index contributed by atoms with van der Waals surface area (Å²) in [4.78, 5) is -0.0571. The van der Waals surface area contributed by atoms with E-state index < -0.39 is 15.8 Å². The molecule has 0 saturated heterocycles. The molecule has 0 amide bonds. The Morgan fingerprint density at radius 3 is 2.24 bits per heavy atom. The monoisotopic (exact) mass is 376 g/mol. The topological polar surface area (TPSA) is 102 Å². The van der Waals surface area contributed by atoms with Crippen molar-refractivity contribution in [2.45, 2.75) is 4.90 Å². The molecular formula is C16H10ClFN4O2S. The van der Waals surface area contributed by atoms with Crippen LogP contribution in [0.25, 0.3) is 16.9 Å².